The molecule has 2 aliphatic heterocycles. The summed E-state index contributed by atoms with van der Waals surface area (Å²) in [5.74, 6) is -2.74. The summed E-state index contributed by atoms with van der Waals surface area (Å²) in [6.07, 6.45) is 1.12. The third-order valence-corrected chi connectivity index (χ3v) is 9.21. The number of hydrogen-bond donors (Lipinski definition) is 4. The number of nitrogens with zero attached hydrogens (tertiary/aromatic N) is 8. The molecule has 43 heavy (non-hydrogen) atoms. The molecule has 5 heterocycles. The number of aromatic hydroxyl groups is 1. The van der Waals surface area contributed by atoms with Crippen LogP contribution in [-0.4, -0.2) is 106 Å². The lowest BCUT2D eigenvalue weighted by Gasteiger charge is -2.49. The quantitative estimate of drug-likeness (QED) is 0.0804. The number of thiazole rings is 1. The van der Waals surface area contributed by atoms with Gasteiger partial charge < -0.3 is 30.9 Å². The van der Waals surface area contributed by atoms with E-state index in [-0.39, 0.29) is 40.3 Å². The SMILES string of the molecule is CO/N=C(\C(=O)N[C@@H]1C(=O)N2C(C(=O)O)=C(CSc3nnnn3Cc3cc(=O)c(O)cn3OC)CS[C@@H]12)c1csc(N)n1. The zero-order chi connectivity index (χ0) is 30.8. The predicted octanol–water partition coefficient (Wildman–Crippen LogP) is -1.43. The number of aliphatic carboxylic acids is 1. The lowest BCUT2D eigenvalue weighted by Crippen LogP contribution is -2.71. The molecule has 0 spiro atoms. The van der Waals surface area contributed by atoms with Gasteiger partial charge in [-0.15, -0.1) is 28.2 Å². The predicted molar refractivity (Wildman–Crippen MR) is 152 cm³/mol. The van der Waals surface area contributed by atoms with E-state index in [9.17, 15) is 29.4 Å². The van der Waals surface area contributed by atoms with E-state index >= 15 is 0 Å². The average molecular weight is 651 g/mol. The smallest absolute Gasteiger partial charge is 0.352 e. The Balaban J connectivity index is 1.30. The van der Waals surface area contributed by atoms with Crippen molar-refractivity contribution in [2.75, 3.05) is 31.5 Å². The maximum Gasteiger partial charge on any atom is 0.352 e. The number of rotatable bonds is 11. The van der Waals surface area contributed by atoms with Crippen LogP contribution >= 0.6 is 34.9 Å². The second-order valence-electron chi connectivity index (χ2n) is 8.74. The highest BCUT2D eigenvalue weighted by Gasteiger charge is 2.54. The highest BCUT2D eigenvalue weighted by atomic mass is 32.2. The normalized spacial score (nSPS) is 18.2. The van der Waals surface area contributed by atoms with Crippen molar-refractivity contribution in [2.24, 2.45) is 5.16 Å². The van der Waals surface area contributed by atoms with E-state index in [2.05, 4.69) is 31.0 Å². The molecular formula is C22H22N10O8S3. The fourth-order valence-electron chi connectivity index (χ4n) is 4.23. The van der Waals surface area contributed by atoms with Crippen LogP contribution in [0.15, 0.2) is 44.0 Å². The molecule has 0 radical (unpaired) electrons. The Morgan fingerprint density at radius 3 is 2.79 bits per heavy atom. The standard InChI is InChI=1S/C22H22N10O8S3/c1-39-27-14(11-8-42-21(23)24-11)17(35)25-15-18(36)32-16(20(37)38)9(6-41-19(15)32)7-43-22-26-28-29-30(22)4-10-3-12(33)13(34)5-31(10)40-2/h3,5,8,15,19,34H,4,6-7H2,1-2H3,(H2,23,24)(H,25,35)(H,37,38)/b27-14-/t15-,19+/m1/s1. The van der Waals surface area contributed by atoms with Crippen molar-refractivity contribution in [3.05, 3.63) is 50.5 Å². The lowest BCUT2D eigenvalue weighted by molar-refractivity contribution is -0.150. The Hall–Kier alpha value is -4.63. The van der Waals surface area contributed by atoms with Crippen LogP contribution in [0.5, 0.6) is 5.75 Å². The summed E-state index contributed by atoms with van der Waals surface area (Å²) < 4.78 is 2.57. The highest BCUT2D eigenvalue weighted by Crippen LogP contribution is 2.41. The number of anilines is 1. The maximum absolute atomic E-state index is 13.1. The number of nitrogens with one attached hydrogen (secondary N) is 1. The highest BCUT2D eigenvalue weighted by molar-refractivity contribution is 8.01. The fourth-order valence-corrected chi connectivity index (χ4v) is 7.14. The third-order valence-electron chi connectivity index (χ3n) is 6.15. The second-order valence-corrected chi connectivity index (χ2v) is 11.7. The van der Waals surface area contributed by atoms with Gasteiger partial charge in [0.2, 0.25) is 10.6 Å². The second kappa shape index (κ2) is 12.3. The number of oxime groups is 1. The Kier molecular flexibility index (Phi) is 8.54. The van der Waals surface area contributed by atoms with Gasteiger partial charge >= 0.3 is 5.97 Å². The topological polar surface area (TPSA) is 242 Å². The number of carboxylic acids is 1. The summed E-state index contributed by atoms with van der Waals surface area (Å²) >= 11 is 3.52. The maximum atomic E-state index is 13.1. The zero-order valence-electron chi connectivity index (χ0n) is 22.2. The van der Waals surface area contributed by atoms with Gasteiger partial charge in [0.25, 0.3) is 11.8 Å². The van der Waals surface area contributed by atoms with E-state index in [1.54, 1.807) is 0 Å². The number of hydrogen-bond acceptors (Lipinski definition) is 16. The Morgan fingerprint density at radius 2 is 2.12 bits per heavy atom. The van der Waals surface area contributed by atoms with Crippen molar-refractivity contribution in [1.29, 1.82) is 0 Å². The number of nitrogen functional groups attached to an aromatic ring is 1. The minimum atomic E-state index is -1.30. The van der Waals surface area contributed by atoms with Crippen LogP contribution in [-0.2, 0) is 25.8 Å². The Labute approximate surface area is 253 Å². The third kappa shape index (κ3) is 5.85. The van der Waals surface area contributed by atoms with Crippen LogP contribution < -0.4 is 21.3 Å². The molecule has 0 saturated carbocycles. The largest absolute Gasteiger partial charge is 0.503 e. The lowest BCUT2D eigenvalue weighted by atomic mass is 10.0. The monoisotopic (exact) mass is 650 g/mol. The molecule has 1 saturated heterocycles. The summed E-state index contributed by atoms with van der Waals surface area (Å²) in [5.41, 5.74) is 5.64. The van der Waals surface area contributed by atoms with Crippen molar-refractivity contribution in [3.8, 4) is 5.75 Å². The zero-order valence-corrected chi connectivity index (χ0v) is 24.7. The first kappa shape index (κ1) is 29.8. The molecule has 21 heteroatoms. The minimum absolute atomic E-state index is 0.00813. The summed E-state index contributed by atoms with van der Waals surface area (Å²) in [7, 11) is 2.61. The van der Waals surface area contributed by atoms with E-state index in [4.69, 9.17) is 15.4 Å². The number of carboxylic acid groups (broad SMARTS) is 1. The van der Waals surface area contributed by atoms with Crippen molar-refractivity contribution >= 4 is 63.5 Å². The molecule has 1 fully saturated rings. The minimum Gasteiger partial charge on any atom is -0.503 e. The number of pyridine rings is 1. The van der Waals surface area contributed by atoms with Gasteiger partial charge in [-0.3, -0.25) is 19.3 Å². The molecular weight excluding hydrogens is 629 g/mol. The number of carbonyl (C=O) groups excluding carboxylic acids is 2. The van der Waals surface area contributed by atoms with Crippen molar-refractivity contribution in [2.45, 2.75) is 23.1 Å². The first-order chi connectivity index (χ1) is 20.6. The molecule has 5 rings (SSSR count). The summed E-state index contributed by atoms with van der Waals surface area (Å²) in [4.78, 5) is 65.3. The van der Waals surface area contributed by atoms with E-state index in [0.717, 1.165) is 34.2 Å². The fraction of sp³-hybridized carbons (Fsp3) is 0.318. The first-order valence-corrected chi connectivity index (χ1v) is 15.0. The van der Waals surface area contributed by atoms with Gasteiger partial charge in [0.15, 0.2) is 16.6 Å². The van der Waals surface area contributed by atoms with Crippen LogP contribution in [0, 0.1) is 0 Å². The van der Waals surface area contributed by atoms with Crippen molar-refractivity contribution in [3.63, 3.8) is 0 Å². The molecule has 3 aromatic heterocycles. The first-order valence-electron chi connectivity index (χ1n) is 12.0. The Bertz CT molecular complexity index is 1720. The van der Waals surface area contributed by atoms with E-state index in [0.29, 0.717) is 16.4 Å². The van der Waals surface area contributed by atoms with E-state index < -0.39 is 40.4 Å². The van der Waals surface area contributed by atoms with Gasteiger partial charge in [-0.2, -0.15) is 4.73 Å². The van der Waals surface area contributed by atoms with Crippen LogP contribution in [0.3, 0.4) is 0 Å². The number of amides is 2. The van der Waals surface area contributed by atoms with Gasteiger partial charge in [0.05, 0.1) is 18.4 Å². The molecule has 18 nitrogen and oxygen atoms in total. The molecule has 0 aliphatic carbocycles. The summed E-state index contributed by atoms with van der Waals surface area (Å²) in [5, 5.41) is 38.9. The summed E-state index contributed by atoms with van der Waals surface area (Å²) in [6.45, 7) is 0.00813. The van der Waals surface area contributed by atoms with E-state index in [1.807, 2.05) is 0 Å². The number of aromatic nitrogens is 6. The molecule has 0 aromatic carbocycles. The summed E-state index contributed by atoms with van der Waals surface area (Å²) in [6, 6.07) is 0.175. The number of fused-ring (bicyclic) bond motifs is 1. The molecule has 2 amide bonds. The number of tetrazole rings is 1. The van der Waals surface area contributed by atoms with E-state index in [1.165, 1.54) is 46.8 Å². The van der Waals surface area contributed by atoms with Crippen molar-refractivity contribution in [1.82, 2.24) is 40.1 Å². The number of thioether (sulfide) groups is 2. The number of β-lactam (4-membered cyclic amide) rings is 1. The molecule has 3 aromatic rings. The van der Waals surface area contributed by atoms with Crippen LogP contribution in [0.4, 0.5) is 5.13 Å². The molecule has 0 bridgehead atoms. The van der Waals surface area contributed by atoms with Gasteiger partial charge in [-0.25, -0.2) is 14.5 Å². The average Bonchev–Trinajstić information content (AvgIpc) is 3.62. The van der Waals surface area contributed by atoms with Gasteiger partial charge in [0.1, 0.15) is 37.0 Å². The van der Waals surface area contributed by atoms with Crippen LogP contribution in [0.25, 0.3) is 0 Å². The van der Waals surface area contributed by atoms with Gasteiger partial charge in [0, 0.05) is 23.0 Å². The Morgan fingerprint density at radius 1 is 1.33 bits per heavy atom. The molecule has 0 unspecified atom stereocenters. The number of nitrogens with two attached hydrogens (primary N) is 1. The van der Waals surface area contributed by atoms with Crippen LogP contribution in [0.2, 0.25) is 0 Å². The molecule has 5 N–H and O–H groups in total. The van der Waals surface area contributed by atoms with Gasteiger partial charge in [-0.05, 0) is 16.0 Å². The van der Waals surface area contributed by atoms with Crippen LogP contribution in [0.1, 0.15) is 11.4 Å². The molecule has 226 valence electrons. The molecule has 2 aliphatic rings. The van der Waals surface area contributed by atoms with Crippen molar-refractivity contribution < 1.29 is 34.3 Å². The van der Waals surface area contributed by atoms with Gasteiger partial charge in [-0.1, -0.05) is 16.9 Å². The number of carbonyl (C=O) groups is 3. The molecule has 2 atom stereocenters.